The second-order valence-electron chi connectivity index (χ2n) is 7.40. The summed E-state index contributed by atoms with van der Waals surface area (Å²) in [6, 6.07) is 15.7. The molecule has 0 aliphatic carbocycles. The lowest BCUT2D eigenvalue weighted by atomic mass is 10.1. The Hall–Kier alpha value is -3.17. The Morgan fingerprint density at radius 2 is 1.50 bits per heavy atom. The first-order valence-corrected chi connectivity index (χ1v) is 12.9. The van der Waals surface area contributed by atoms with Crippen LogP contribution in [0.15, 0.2) is 74.9 Å². The lowest BCUT2D eigenvalue weighted by Crippen LogP contribution is -2.10. The van der Waals surface area contributed by atoms with Crippen molar-refractivity contribution in [2.45, 2.75) is 30.6 Å². The fourth-order valence-corrected chi connectivity index (χ4v) is 4.98. The quantitative estimate of drug-likeness (QED) is 0.376. The first kappa shape index (κ1) is 22.0. The Bertz CT molecular complexity index is 1520. The largest absolute Gasteiger partial charge is 0.436 e. The molecule has 3 aromatic carbocycles. The average molecular weight is 472 g/mol. The Labute approximate surface area is 186 Å². The third-order valence-electron chi connectivity index (χ3n) is 4.97. The van der Waals surface area contributed by atoms with Crippen LogP contribution >= 0.6 is 0 Å². The molecule has 0 unspecified atom stereocenters. The number of aromatic nitrogens is 1. The van der Waals surface area contributed by atoms with Gasteiger partial charge in [0, 0.05) is 0 Å². The number of nitrogens with zero attached hydrogens (tertiary/aromatic N) is 1. The van der Waals surface area contributed by atoms with Crippen molar-refractivity contribution in [3.8, 4) is 17.2 Å². The molecule has 0 saturated carbocycles. The molecule has 9 heteroatoms. The molecule has 0 saturated heterocycles. The van der Waals surface area contributed by atoms with E-state index in [4.69, 9.17) is 8.60 Å². The maximum absolute atomic E-state index is 12.8. The summed E-state index contributed by atoms with van der Waals surface area (Å²) in [6.45, 7) is 5.27. The summed E-state index contributed by atoms with van der Waals surface area (Å²) in [7, 11) is -7.49. The van der Waals surface area contributed by atoms with Gasteiger partial charge in [0.15, 0.2) is 21.2 Å². The van der Waals surface area contributed by atoms with Crippen LogP contribution in [0.2, 0.25) is 0 Å². The first-order valence-electron chi connectivity index (χ1n) is 9.84. The van der Waals surface area contributed by atoms with E-state index in [9.17, 15) is 16.8 Å². The molecule has 0 radical (unpaired) electrons. The topological polar surface area (TPSA) is 104 Å². The summed E-state index contributed by atoms with van der Waals surface area (Å²) in [5, 5.41) is 0. The second-order valence-corrected chi connectivity index (χ2v) is 11.2. The van der Waals surface area contributed by atoms with Crippen LogP contribution in [0.5, 0.6) is 5.75 Å². The minimum atomic E-state index is -4.08. The Morgan fingerprint density at radius 1 is 0.844 bits per heavy atom. The first-order chi connectivity index (χ1) is 15.1. The van der Waals surface area contributed by atoms with E-state index in [-0.39, 0.29) is 27.2 Å². The predicted molar refractivity (Wildman–Crippen MR) is 121 cm³/mol. The van der Waals surface area contributed by atoms with E-state index in [0.29, 0.717) is 16.7 Å². The SMILES string of the molecule is CCS(=O)(=O)c1ccc2oc(-c3cc(C)ccc3OS(=O)(=O)c3ccc(C)cc3)nc2c1. The molecular weight excluding hydrogens is 450 g/mol. The Morgan fingerprint density at radius 3 is 2.19 bits per heavy atom. The fourth-order valence-electron chi connectivity index (χ4n) is 3.14. The van der Waals surface area contributed by atoms with Crippen molar-refractivity contribution in [2.75, 3.05) is 5.75 Å². The van der Waals surface area contributed by atoms with Crippen molar-refractivity contribution in [1.29, 1.82) is 0 Å². The van der Waals surface area contributed by atoms with Gasteiger partial charge in [-0.25, -0.2) is 13.4 Å². The third kappa shape index (κ3) is 4.26. The lowest BCUT2D eigenvalue weighted by Gasteiger charge is -2.11. The van der Waals surface area contributed by atoms with E-state index in [0.717, 1.165) is 11.1 Å². The number of fused-ring (bicyclic) bond motifs is 1. The van der Waals surface area contributed by atoms with Crippen LogP contribution in [0, 0.1) is 13.8 Å². The summed E-state index contributed by atoms with van der Waals surface area (Å²) in [5.74, 6) is 0.156. The van der Waals surface area contributed by atoms with Gasteiger partial charge in [-0.2, -0.15) is 8.42 Å². The van der Waals surface area contributed by atoms with Crippen molar-refractivity contribution in [3.05, 3.63) is 71.8 Å². The summed E-state index contributed by atoms with van der Waals surface area (Å²) in [6.07, 6.45) is 0. The number of aryl methyl sites for hydroxylation is 2. The molecule has 0 bridgehead atoms. The van der Waals surface area contributed by atoms with E-state index < -0.39 is 20.0 Å². The van der Waals surface area contributed by atoms with Crippen molar-refractivity contribution >= 4 is 31.1 Å². The molecule has 7 nitrogen and oxygen atoms in total. The zero-order valence-corrected chi connectivity index (χ0v) is 19.3. The predicted octanol–water partition coefficient (Wildman–Crippen LogP) is 4.67. The molecule has 0 aliphatic heterocycles. The van der Waals surface area contributed by atoms with E-state index in [1.54, 1.807) is 31.2 Å². The maximum Gasteiger partial charge on any atom is 0.339 e. The van der Waals surface area contributed by atoms with Crippen LogP contribution in [0.25, 0.3) is 22.6 Å². The third-order valence-corrected chi connectivity index (χ3v) is 7.95. The van der Waals surface area contributed by atoms with Crippen molar-refractivity contribution in [3.63, 3.8) is 0 Å². The van der Waals surface area contributed by atoms with Crippen molar-refractivity contribution in [1.82, 2.24) is 4.98 Å². The van der Waals surface area contributed by atoms with Gasteiger partial charge >= 0.3 is 10.1 Å². The van der Waals surface area contributed by atoms with Gasteiger partial charge in [-0.05, 0) is 56.3 Å². The van der Waals surface area contributed by atoms with Gasteiger partial charge < -0.3 is 8.60 Å². The van der Waals surface area contributed by atoms with Gasteiger partial charge in [0.1, 0.15) is 10.4 Å². The van der Waals surface area contributed by atoms with Gasteiger partial charge in [-0.1, -0.05) is 36.2 Å². The lowest BCUT2D eigenvalue weighted by molar-refractivity contribution is 0.485. The zero-order chi connectivity index (χ0) is 23.1. The number of benzene rings is 3. The van der Waals surface area contributed by atoms with Gasteiger partial charge in [0.25, 0.3) is 0 Å². The van der Waals surface area contributed by atoms with Crippen molar-refractivity contribution in [2.24, 2.45) is 0 Å². The van der Waals surface area contributed by atoms with Crippen LogP contribution in [-0.2, 0) is 20.0 Å². The molecule has 32 heavy (non-hydrogen) atoms. The molecule has 0 amide bonds. The van der Waals surface area contributed by atoms with Crippen LogP contribution < -0.4 is 4.18 Å². The van der Waals surface area contributed by atoms with Crippen LogP contribution in [0.1, 0.15) is 18.1 Å². The summed E-state index contributed by atoms with van der Waals surface area (Å²) in [5.41, 5.74) is 2.84. The highest BCUT2D eigenvalue weighted by atomic mass is 32.2. The molecule has 1 heterocycles. The molecule has 4 aromatic rings. The molecule has 166 valence electrons. The van der Waals surface area contributed by atoms with Crippen LogP contribution in [-0.4, -0.2) is 27.6 Å². The molecule has 0 N–H and O–H groups in total. The average Bonchev–Trinajstić information content (AvgIpc) is 3.18. The monoisotopic (exact) mass is 471 g/mol. The van der Waals surface area contributed by atoms with Gasteiger partial charge in [0.2, 0.25) is 5.89 Å². The number of rotatable bonds is 6. The standard InChI is InChI=1S/C23H21NO6S2/c1-4-31(25,26)18-10-12-22-20(14-18)24-23(29-22)19-13-16(3)7-11-21(19)30-32(27,28)17-8-5-15(2)6-9-17/h5-14H,4H2,1-3H3. The highest BCUT2D eigenvalue weighted by Crippen LogP contribution is 2.35. The molecule has 0 aliphatic rings. The van der Waals surface area contributed by atoms with Gasteiger partial charge in [0.05, 0.1) is 16.2 Å². The molecule has 0 spiro atoms. The Balaban J connectivity index is 1.78. The minimum Gasteiger partial charge on any atom is -0.436 e. The molecule has 1 aromatic heterocycles. The number of oxazole rings is 1. The van der Waals surface area contributed by atoms with E-state index in [1.165, 1.54) is 36.4 Å². The summed E-state index contributed by atoms with van der Waals surface area (Å²) < 4.78 is 61.2. The summed E-state index contributed by atoms with van der Waals surface area (Å²) in [4.78, 5) is 4.58. The number of hydrogen-bond donors (Lipinski definition) is 0. The highest BCUT2D eigenvalue weighted by molar-refractivity contribution is 7.91. The second kappa shape index (κ2) is 8.07. The number of sulfone groups is 1. The fraction of sp³-hybridized carbons (Fsp3) is 0.174. The number of hydrogen-bond acceptors (Lipinski definition) is 7. The smallest absolute Gasteiger partial charge is 0.339 e. The van der Waals surface area contributed by atoms with E-state index in [1.807, 2.05) is 13.8 Å². The summed E-state index contributed by atoms with van der Waals surface area (Å²) >= 11 is 0. The van der Waals surface area contributed by atoms with Crippen molar-refractivity contribution < 1.29 is 25.4 Å². The van der Waals surface area contributed by atoms with E-state index >= 15 is 0 Å². The molecule has 0 atom stereocenters. The molecule has 0 fully saturated rings. The zero-order valence-electron chi connectivity index (χ0n) is 17.7. The molecular formula is C23H21NO6S2. The Kier molecular flexibility index (Phi) is 5.56. The normalized spacial score (nSPS) is 12.2. The maximum atomic E-state index is 12.8. The van der Waals surface area contributed by atoms with E-state index in [2.05, 4.69) is 4.98 Å². The van der Waals surface area contributed by atoms with Crippen LogP contribution in [0.4, 0.5) is 0 Å². The van der Waals surface area contributed by atoms with Crippen LogP contribution in [0.3, 0.4) is 0 Å². The van der Waals surface area contributed by atoms with Gasteiger partial charge in [-0.3, -0.25) is 0 Å². The van der Waals surface area contributed by atoms with Gasteiger partial charge in [-0.15, -0.1) is 0 Å². The highest BCUT2D eigenvalue weighted by Gasteiger charge is 2.22. The minimum absolute atomic E-state index is 0.0293. The molecule has 4 rings (SSSR count).